The Kier molecular flexibility index (Phi) is 4.55. The first-order chi connectivity index (χ1) is 16.5. The molecule has 0 atom stereocenters. The van der Waals surface area contributed by atoms with Crippen LogP contribution < -0.4 is 0 Å². The SMILES string of the molecule is Fc1ccc(-c2ccc3c(c2)c2cc(-c4ccc(F)cc4F)ccc2c2nccnc32)c(F)c1. The van der Waals surface area contributed by atoms with Crippen LogP contribution in [0.15, 0.2) is 85.2 Å². The van der Waals surface area contributed by atoms with Crippen LogP contribution in [0.4, 0.5) is 17.6 Å². The maximum atomic E-state index is 14.5. The number of hydrogen-bond acceptors (Lipinski definition) is 2. The molecule has 34 heavy (non-hydrogen) atoms. The van der Waals surface area contributed by atoms with Gasteiger partial charge in [0.1, 0.15) is 23.3 Å². The van der Waals surface area contributed by atoms with Gasteiger partial charge in [-0.1, -0.05) is 24.3 Å². The van der Waals surface area contributed by atoms with Crippen molar-refractivity contribution in [2.75, 3.05) is 0 Å². The van der Waals surface area contributed by atoms with Gasteiger partial charge in [0.25, 0.3) is 0 Å². The molecule has 0 aliphatic carbocycles. The lowest BCUT2D eigenvalue weighted by molar-refractivity contribution is 0.585. The topological polar surface area (TPSA) is 25.8 Å². The molecule has 5 aromatic carbocycles. The first-order valence-corrected chi connectivity index (χ1v) is 10.5. The number of aromatic nitrogens is 2. The second-order valence-corrected chi connectivity index (χ2v) is 8.02. The third-order valence-corrected chi connectivity index (χ3v) is 6.02. The summed E-state index contributed by atoms with van der Waals surface area (Å²) in [5.41, 5.74) is 3.00. The van der Waals surface area contributed by atoms with Crippen LogP contribution in [-0.2, 0) is 0 Å². The number of halogens is 4. The molecule has 6 heteroatoms. The molecule has 0 unspecified atom stereocenters. The molecule has 0 fully saturated rings. The van der Waals surface area contributed by atoms with E-state index in [2.05, 4.69) is 9.97 Å². The summed E-state index contributed by atoms with van der Waals surface area (Å²) >= 11 is 0. The summed E-state index contributed by atoms with van der Waals surface area (Å²) in [6, 6.07) is 17.7. The zero-order chi connectivity index (χ0) is 23.4. The Labute approximate surface area is 191 Å². The standard InChI is InChI=1S/C28H14F4N2/c29-17-3-7-19(25(31)13-17)15-1-5-21-23(11-15)24-12-16(20-8-4-18(30)14-26(20)32)2-6-22(24)28-27(21)33-9-10-34-28/h1-14H. The molecule has 6 rings (SSSR count). The van der Waals surface area contributed by atoms with Crippen LogP contribution in [0.2, 0.25) is 0 Å². The molecule has 0 radical (unpaired) electrons. The fourth-order valence-electron chi connectivity index (χ4n) is 4.46. The van der Waals surface area contributed by atoms with E-state index >= 15 is 0 Å². The molecule has 0 bridgehead atoms. The molecule has 0 saturated heterocycles. The molecule has 1 heterocycles. The molecule has 1 aromatic heterocycles. The number of benzene rings is 5. The van der Waals surface area contributed by atoms with Crippen molar-refractivity contribution in [1.82, 2.24) is 9.97 Å². The van der Waals surface area contributed by atoms with Crippen LogP contribution in [0.3, 0.4) is 0 Å². The Morgan fingerprint density at radius 2 is 0.882 bits per heavy atom. The summed E-state index contributed by atoms with van der Waals surface area (Å²) in [5, 5.41) is 3.10. The third-order valence-electron chi connectivity index (χ3n) is 6.02. The van der Waals surface area contributed by atoms with Crippen LogP contribution >= 0.6 is 0 Å². The van der Waals surface area contributed by atoms with Crippen LogP contribution in [-0.4, -0.2) is 9.97 Å². The fraction of sp³-hybridized carbons (Fsp3) is 0. The highest BCUT2D eigenvalue weighted by molar-refractivity contribution is 6.24. The first kappa shape index (κ1) is 20.3. The molecule has 6 aromatic rings. The van der Waals surface area contributed by atoms with Crippen LogP contribution in [0.25, 0.3) is 54.8 Å². The minimum absolute atomic E-state index is 0.261. The maximum absolute atomic E-state index is 14.5. The molecule has 0 saturated carbocycles. The van der Waals surface area contributed by atoms with E-state index in [1.165, 1.54) is 24.3 Å². The Morgan fingerprint density at radius 3 is 1.29 bits per heavy atom. The average Bonchev–Trinajstić information content (AvgIpc) is 2.84. The van der Waals surface area contributed by atoms with Gasteiger partial charge in [0.2, 0.25) is 0 Å². The van der Waals surface area contributed by atoms with Crippen LogP contribution in [0.1, 0.15) is 0 Å². The third kappa shape index (κ3) is 3.18. The van der Waals surface area contributed by atoms with E-state index < -0.39 is 23.3 Å². The van der Waals surface area contributed by atoms with Gasteiger partial charge in [0.15, 0.2) is 0 Å². The lowest BCUT2D eigenvalue weighted by atomic mass is 9.93. The van der Waals surface area contributed by atoms with Gasteiger partial charge in [0, 0.05) is 46.4 Å². The van der Waals surface area contributed by atoms with Crippen molar-refractivity contribution in [3.05, 3.63) is 108 Å². The van der Waals surface area contributed by atoms with Crippen molar-refractivity contribution in [3.63, 3.8) is 0 Å². The molecule has 0 aliphatic rings. The number of rotatable bonds is 2. The Morgan fingerprint density at radius 1 is 0.441 bits per heavy atom. The van der Waals surface area contributed by atoms with E-state index in [0.717, 1.165) is 33.7 Å². The molecule has 0 aliphatic heterocycles. The van der Waals surface area contributed by atoms with Crippen molar-refractivity contribution >= 4 is 32.6 Å². The zero-order valence-electron chi connectivity index (χ0n) is 17.5. The normalized spacial score (nSPS) is 11.5. The van der Waals surface area contributed by atoms with Gasteiger partial charge in [-0.05, 0) is 58.3 Å². The molecule has 2 nitrogen and oxygen atoms in total. The summed E-state index contributed by atoms with van der Waals surface area (Å²) in [6.45, 7) is 0. The van der Waals surface area contributed by atoms with E-state index in [0.29, 0.717) is 22.2 Å². The minimum Gasteiger partial charge on any atom is -0.252 e. The number of hydrogen-bond donors (Lipinski definition) is 0. The predicted octanol–water partition coefficient (Wildman–Crippen LogP) is 7.83. The van der Waals surface area contributed by atoms with Gasteiger partial charge in [0.05, 0.1) is 11.0 Å². The van der Waals surface area contributed by atoms with Crippen molar-refractivity contribution in [2.24, 2.45) is 0 Å². The van der Waals surface area contributed by atoms with E-state index in [9.17, 15) is 17.6 Å². The maximum Gasteiger partial charge on any atom is 0.133 e. The van der Waals surface area contributed by atoms with Crippen molar-refractivity contribution in [3.8, 4) is 22.3 Å². The Bertz CT molecular complexity index is 1630. The number of fused-ring (bicyclic) bond motifs is 6. The van der Waals surface area contributed by atoms with E-state index in [1.807, 2.05) is 24.3 Å². The van der Waals surface area contributed by atoms with Gasteiger partial charge < -0.3 is 0 Å². The van der Waals surface area contributed by atoms with E-state index in [4.69, 9.17) is 0 Å². The van der Waals surface area contributed by atoms with Gasteiger partial charge in [-0.25, -0.2) is 17.6 Å². The monoisotopic (exact) mass is 454 g/mol. The Balaban J connectivity index is 1.70. The lowest BCUT2D eigenvalue weighted by Gasteiger charge is -2.13. The predicted molar refractivity (Wildman–Crippen MR) is 125 cm³/mol. The summed E-state index contributed by atoms with van der Waals surface area (Å²) < 4.78 is 56.0. The molecular formula is C28H14F4N2. The van der Waals surface area contributed by atoms with Crippen molar-refractivity contribution in [2.45, 2.75) is 0 Å². The highest BCUT2D eigenvalue weighted by Gasteiger charge is 2.15. The quantitative estimate of drug-likeness (QED) is 0.197. The van der Waals surface area contributed by atoms with Gasteiger partial charge in [-0.3, -0.25) is 9.97 Å². The smallest absolute Gasteiger partial charge is 0.133 e. The average molecular weight is 454 g/mol. The first-order valence-electron chi connectivity index (χ1n) is 10.5. The minimum atomic E-state index is -0.668. The largest absolute Gasteiger partial charge is 0.252 e. The molecule has 164 valence electrons. The van der Waals surface area contributed by atoms with Gasteiger partial charge >= 0.3 is 0 Å². The molecular weight excluding hydrogens is 440 g/mol. The van der Waals surface area contributed by atoms with Crippen molar-refractivity contribution < 1.29 is 17.6 Å². The summed E-state index contributed by atoms with van der Waals surface area (Å²) in [6.07, 6.45) is 3.20. The molecule has 0 N–H and O–H groups in total. The molecule has 0 spiro atoms. The highest BCUT2D eigenvalue weighted by atomic mass is 19.1. The molecule has 0 amide bonds. The zero-order valence-corrected chi connectivity index (χ0v) is 17.5. The van der Waals surface area contributed by atoms with Gasteiger partial charge in [-0.2, -0.15) is 0 Å². The van der Waals surface area contributed by atoms with Gasteiger partial charge in [-0.15, -0.1) is 0 Å². The van der Waals surface area contributed by atoms with E-state index in [-0.39, 0.29) is 11.1 Å². The van der Waals surface area contributed by atoms with Crippen LogP contribution in [0, 0.1) is 23.3 Å². The summed E-state index contributed by atoms with van der Waals surface area (Å²) in [5.74, 6) is -2.64. The fourth-order valence-corrected chi connectivity index (χ4v) is 4.46. The van der Waals surface area contributed by atoms with E-state index in [1.54, 1.807) is 24.5 Å². The Hall–Kier alpha value is -4.32. The summed E-state index contributed by atoms with van der Waals surface area (Å²) in [7, 11) is 0. The highest BCUT2D eigenvalue weighted by Crippen LogP contribution is 2.38. The lowest BCUT2D eigenvalue weighted by Crippen LogP contribution is -1.92. The van der Waals surface area contributed by atoms with Crippen molar-refractivity contribution in [1.29, 1.82) is 0 Å². The van der Waals surface area contributed by atoms with Crippen LogP contribution in [0.5, 0.6) is 0 Å². The second-order valence-electron chi connectivity index (χ2n) is 8.02. The second kappa shape index (κ2) is 7.63. The summed E-state index contributed by atoms with van der Waals surface area (Å²) in [4.78, 5) is 9.02. The number of nitrogens with zero attached hydrogens (tertiary/aromatic N) is 2.